The van der Waals surface area contributed by atoms with Crippen LogP contribution in [0.25, 0.3) is 11.0 Å². The second-order valence-electron chi connectivity index (χ2n) is 5.58. The summed E-state index contributed by atoms with van der Waals surface area (Å²) < 4.78 is 13.3. The number of aromatic nitrogens is 2. The van der Waals surface area contributed by atoms with Crippen LogP contribution in [0.1, 0.15) is 31.0 Å². The van der Waals surface area contributed by atoms with Gasteiger partial charge in [-0.3, -0.25) is 0 Å². The van der Waals surface area contributed by atoms with Crippen molar-refractivity contribution in [3.8, 4) is 5.75 Å². The monoisotopic (exact) mass is 308 g/mol. The highest BCUT2D eigenvalue weighted by molar-refractivity contribution is 6.20. The van der Waals surface area contributed by atoms with Crippen LogP contribution in [-0.4, -0.2) is 29.9 Å². The number of halogens is 1. The van der Waals surface area contributed by atoms with Crippen LogP contribution in [0.4, 0.5) is 0 Å². The first-order valence-electron chi connectivity index (χ1n) is 7.45. The summed E-state index contributed by atoms with van der Waals surface area (Å²) in [5.41, 5.74) is 1.91. The Morgan fingerprint density at radius 1 is 1.43 bits per heavy atom. The van der Waals surface area contributed by atoms with Crippen molar-refractivity contribution in [2.45, 2.75) is 31.7 Å². The molecule has 0 spiro atoms. The minimum atomic E-state index is -0.148. The Bertz CT molecular complexity index is 620. The fraction of sp³-hybridized carbons (Fsp3) is 0.562. The molecule has 4 nitrogen and oxygen atoms in total. The molecular formula is C16H21ClN2O2. The van der Waals surface area contributed by atoms with E-state index in [2.05, 4.69) is 15.6 Å². The van der Waals surface area contributed by atoms with E-state index in [1.807, 2.05) is 19.1 Å². The van der Waals surface area contributed by atoms with Gasteiger partial charge in [0.05, 0.1) is 24.6 Å². The second-order valence-corrected chi connectivity index (χ2v) is 6.24. The van der Waals surface area contributed by atoms with Crippen molar-refractivity contribution >= 4 is 22.6 Å². The molecular weight excluding hydrogens is 288 g/mol. The predicted octanol–water partition coefficient (Wildman–Crippen LogP) is 3.77. The Kier molecular flexibility index (Phi) is 4.36. The largest absolute Gasteiger partial charge is 0.494 e. The zero-order valence-corrected chi connectivity index (χ0v) is 13.3. The molecule has 1 aliphatic rings. The van der Waals surface area contributed by atoms with E-state index < -0.39 is 0 Å². The lowest BCUT2D eigenvalue weighted by atomic mass is 10.3. The fourth-order valence-electron chi connectivity index (χ4n) is 2.53. The second kappa shape index (κ2) is 6.24. The van der Waals surface area contributed by atoms with Crippen LogP contribution < -0.4 is 4.74 Å². The first kappa shape index (κ1) is 14.7. The minimum absolute atomic E-state index is 0.148. The summed E-state index contributed by atoms with van der Waals surface area (Å²) in [4.78, 5) is 4.66. The molecule has 0 N–H and O–H groups in total. The zero-order valence-electron chi connectivity index (χ0n) is 12.5. The Morgan fingerprint density at radius 3 is 2.90 bits per heavy atom. The Morgan fingerprint density at radius 2 is 2.24 bits per heavy atom. The van der Waals surface area contributed by atoms with Crippen molar-refractivity contribution in [2.24, 2.45) is 5.92 Å². The number of nitrogens with zero attached hydrogens (tertiary/aromatic N) is 2. The van der Waals surface area contributed by atoms with Gasteiger partial charge in [-0.15, -0.1) is 11.6 Å². The van der Waals surface area contributed by atoms with E-state index in [0.29, 0.717) is 6.61 Å². The van der Waals surface area contributed by atoms with Crippen LogP contribution in [0.2, 0.25) is 0 Å². The first-order valence-corrected chi connectivity index (χ1v) is 7.89. The number of methoxy groups -OCH3 is 1. The van der Waals surface area contributed by atoms with Gasteiger partial charge in [-0.05, 0) is 37.8 Å². The third kappa shape index (κ3) is 3.16. The van der Waals surface area contributed by atoms with Crippen molar-refractivity contribution < 1.29 is 9.47 Å². The van der Waals surface area contributed by atoms with Gasteiger partial charge in [-0.2, -0.15) is 0 Å². The molecule has 114 valence electrons. The summed E-state index contributed by atoms with van der Waals surface area (Å²) in [5.74, 6) is 2.44. The molecule has 0 saturated heterocycles. The van der Waals surface area contributed by atoms with E-state index in [4.69, 9.17) is 21.1 Å². The van der Waals surface area contributed by atoms with Crippen LogP contribution >= 0.6 is 11.6 Å². The Hall–Kier alpha value is -1.26. The summed E-state index contributed by atoms with van der Waals surface area (Å²) in [6, 6.07) is 5.95. The van der Waals surface area contributed by atoms with Gasteiger partial charge in [0.2, 0.25) is 0 Å². The molecule has 1 aromatic carbocycles. The number of hydrogen-bond donors (Lipinski definition) is 0. The van der Waals surface area contributed by atoms with Gasteiger partial charge >= 0.3 is 0 Å². The Labute approximate surface area is 130 Å². The third-order valence-corrected chi connectivity index (χ3v) is 4.05. The lowest BCUT2D eigenvalue weighted by Crippen LogP contribution is -2.11. The fourth-order valence-corrected chi connectivity index (χ4v) is 2.70. The molecule has 1 heterocycles. The maximum Gasteiger partial charge on any atom is 0.146 e. The molecule has 0 bridgehead atoms. The standard InChI is InChI=1S/C16H21ClN2O2/c1-11(17)16-18-15-13(4-3-5-14(15)20-2)19(16)8-9-21-10-12-6-7-12/h3-5,11-12H,6-10H2,1-2H3. The van der Waals surface area contributed by atoms with Crippen LogP contribution in [0.5, 0.6) is 5.75 Å². The molecule has 3 rings (SSSR count). The quantitative estimate of drug-likeness (QED) is 0.577. The van der Waals surface area contributed by atoms with Gasteiger partial charge in [0.15, 0.2) is 0 Å². The first-order chi connectivity index (χ1) is 10.2. The number of ether oxygens (including phenoxy) is 2. The van der Waals surface area contributed by atoms with Crippen molar-refractivity contribution in [3.63, 3.8) is 0 Å². The lowest BCUT2D eigenvalue weighted by Gasteiger charge is -2.11. The average molecular weight is 309 g/mol. The van der Waals surface area contributed by atoms with E-state index in [0.717, 1.165) is 41.7 Å². The van der Waals surface area contributed by atoms with Gasteiger partial charge < -0.3 is 14.0 Å². The molecule has 2 aromatic rings. The van der Waals surface area contributed by atoms with E-state index in [1.54, 1.807) is 7.11 Å². The molecule has 0 radical (unpaired) electrons. The maximum atomic E-state index is 6.28. The molecule has 0 aliphatic heterocycles. The molecule has 1 aromatic heterocycles. The van der Waals surface area contributed by atoms with Gasteiger partial charge in [-0.25, -0.2) is 4.98 Å². The lowest BCUT2D eigenvalue weighted by molar-refractivity contribution is 0.117. The number of para-hydroxylation sites is 1. The number of hydrogen-bond acceptors (Lipinski definition) is 3. The molecule has 0 amide bonds. The van der Waals surface area contributed by atoms with Crippen LogP contribution in [0.3, 0.4) is 0 Å². The number of benzene rings is 1. The van der Waals surface area contributed by atoms with Crippen LogP contribution in [0, 0.1) is 5.92 Å². The third-order valence-electron chi connectivity index (χ3n) is 3.86. The van der Waals surface area contributed by atoms with E-state index >= 15 is 0 Å². The van der Waals surface area contributed by atoms with Crippen molar-refractivity contribution in [3.05, 3.63) is 24.0 Å². The molecule has 1 fully saturated rings. The maximum absolute atomic E-state index is 6.28. The van der Waals surface area contributed by atoms with Gasteiger partial charge in [0, 0.05) is 13.2 Å². The normalized spacial score (nSPS) is 16.3. The number of fused-ring (bicyclic) bond motifs is 1. The van der Waals surface area contributed by atoms with E-state index in [1.165, 1.54) is 12.8 Å². The molecule has 1 saturated carbocycles. The van der Waals surface area contributed by atoms with Crippen molar-refractivity contribution in [2.75, 3.05) is 20.3 Å². The van der Waals surface area contributed by atoms with Crippen LogP contribution in [-0.2, 0) is 11.3 Å². The van der Waals surface area contributed by atoms with Crippen molar-refractivity contribution in [1.29, 1.82) is 0 Å². The molecule has 5 heteroatoms. The van der Waals surface area contributed by atoms with Crippen molar-refractivity contribution in [1.82, 2.24) is 9.55 Å². The predicted molar refractivity (Wildman–Crippen MR) is 84.1 cm³/mol. The summed E-state index contributed by atoms with van der Waals surface area (Å²) in [7, 11) is 1.66. The van der Waals surface area contributed by atoms with Gasteiger partial charge in [0.1, 0.15) is 17.1 Å². The molecule has 1 unspecified atom stereocenters. The Balaban J connectivity index is 1.84. The smallest absolute Gasteiger partial charge is 0.146 e. The number of rotatable bonds is 7. The number of alkyl halides is 1. The number of imidazole rings is 1. The van der Waals surface area contributed by atoms with Gasteiger partial charge in [-0.1, -0.05) is 6.07 Å². The summed E-state index contributed by atoms with van der Waals surface area (Å²) >= 11 is 6.28. The molecule has 1 aliphatic carbocycles. The topological polar surface area (TPSA) is 36.3 Å². The molecule has 21 heavy (non-hydrogen) atoms. The SMILES string of the molecule is COc1cccc2c1nc(C(C)Cl)n2CCOCC1CC1. The average Bonchev–Trinajstić information content (AvgIpc) is 3.22. The highest BCUT2D eigenvalue weighted by Gasteiger charge is 2.21. The van der Waals surface area contributed by atoms with Crippen LogP contribution in [0.15, 0.2) is 18.2 Å². The minimum Gasteiger partial charge on any atom is -0.494 e. The zero-order chi connectivity index (χ0) is 14.8. The van der Waals surface area contributed by atoms with E-state index in [9.17, 15) is 0 Å². The highest BCUT2D eigenvalue weighted by atomic mass is 35.5. The summed E-state index contributed by atoms with van der Waals surface area (Å²) in [6.45, 7) is 4.27. The van der Waals surface area contributed by atoms with E-state index in [-0.39, 0.29) is 5.38 Å². The summed E-state index contributed by atoms with van der Waals surface area (Å²) in [6.07, 6.45) is 2.63. The molecule has 1 atom stereocenters. The summed E-state index contributed by atoms with van der Waals surface area (Å²) in [5, 5.41) is -0.148. The van der Waals surface area contributed by atoms with Gasteiger partial charge in [0.25, 0.3) is 0 Å². The highest BCUT2D eigenvalue weighted by Crippen LogP contribution is 2.30.